The van der Waals surface area contributed by atoms with Gasteiger partial charge in [-0.2, -0.15) is 0 Å². The van der Waals surface area contributed by atoms with Gasteiger partial charge >= 0.3 is 0 Å². The van der Waals surface area contributed by atoms with Crippen LogP contribution in [0.3, 0.4) is 0 Å². The summed E-state index contributed by atoms with van der Waals surface area (Å²) >= 11 is 0. The zero-order chi connectivity index (χ0) is 12.1. The summed E-state index contributed by atoms with van der Waals surface area (Å²) in [6, 6.07) is 8.28. The maximum Gasteiger partial charge on any atom is -0.0262 e. The highest BCUT2D eigenvalue weighted by molar-refractivity contribution is 5.46. The lowest BCUT2D eigenvalue weighted by molar-refractivity contribution is 0.886. The molecule has 1 rings (SSSR count). The van der Waals surface area contributed by atoms with E-state index in [0.29, 0.717) is 0 Å². The number of hydrogen-bond acceptors (Lipinski definition) is 0. The fourth-order valence-corrected chi connectivity index (χ4v) is 0.703. The molecule has 0 bridgehead atoms. The molecule has 0 aromatic heterocycles. The Morgan fingerprint density at radius 2 is 1.40 bits per heavy atom. The van der Waals surface area contributed by atoms with Crippen LogP contribution in [0.5, 0.6) is 0 Å². The van der Waals surface area contributed by atoms with E-state index in [2.05, 4.69) is 51.6 Å². The van der Waals surface area contributed by atoms with E-state index in [0.717, 1.165) is 0 Å². The normalized spacial score (nSPS) is 7.80. The molecule has 0 N–H and O–H groups in total. The summed E-state index contributed by atoms with van der Waals surface area (Å²) in [6.07, 6.45) is 4.49. The molecular formula is C15H26. The molecule has 0 heterocycles. The molecule has 0 unspecified atom stereocenters. The van der Waals surface area contributed by atoms with E-state index < -0.39 is 0 Å². The van der Waals surface area contributed by atoms with Crippen LogP contribution >= 0.6 is 0 Å². The van der Waals surface area contributed by atoms with Crippen LogP contribution in [-0.4, -0.2) is 0 Å². The van der Waals surface area contributed by atoms with Crippen molar-refractivity contribution in [2.24, 2.45) is 0 Å². The van der Waals surface area contributed by atoms with E-state index >= 15 is 0 Å². The lowest BCUT2D eigenvalue weighted by Crippen LogP contribution is -1.71. The fraction of sp³-hybridized carbons (Fsp3) is 0.467. The van der Waals surface area contributed by atoms with Gasteiger partial charge in [-0.05, 0) is 12.5 Å². The third-order valence-corrected chi connectivity index (χ3v) is 1.81. The first kappa shape index (κ1) is 16.4. The van der Waals surface area contributed by atoms with Crippen molar-refractivity contribution in [2.45, 2.75) is 47.5 Å². The standard InChI is InChI=1S/C9H10.C4H10.C2H6/c1-3-9-6-4-8(2)5-7-9;1-3-4-2;1-2/h3-7H,1H2,2H3;3-4H2,1-2H3;1-2H3. The van der Waals surface area contributed by atoms with Crippen LogP contribution in [0, 0.1) is 6.92 Å². The molecule has 0 heteroatoms. The van der Waals surface area contributed by atoms with Crippen LogP contribution in [0.1, 0.15) is 51.7 Å². The quantitative estimate of drug-likeness (QED) is 0.602. The zero-order valence-corrected chi connectivity index (χ0v) is 11.0. The van der Waals surface area contributed by atoms with Crippen LogP contribution in [0.2, 0.25) is 0 Å². The van der Waals surface area contributed by atoms with Gasteiger partial charge in [0.1, 0.15) is 0 Å². The van der Waals surface area contributed by atoms with Crippen molar-refractivity contribution in [1.82, 2.24) is 0 Å². The maximum absolute atomic E-state index is 3.66. The van der Waals surface area contributed by atoms with Crippen molar-refractivity contribution in [2.75, 3.05) is 0 Å². The summed E-state index contributed by atoms with van der Waals surface area (Å²) in [5, 5.41) is 0. The maximum atomic E-state index is 3.66. The third kappa shape index (κ3) is 10.9. The molecule has 0 aliphatic heterocycles. The Morgan fingerprint density at radius 1 is 1.00 bits per heavy atom. The summed E-state index contributed by atoms with van der Waals surface area (Å²) in [7, 11) is 0. The Hall–Kier alpha value is -1.04. The van der Waals surface area contributed by atoms with E-state index in [-0.39, 0.29) is 0 Å². The van der Waals surface area contributed by atoms with Gasteiger partial charge in [0.05, 0.1) is 0 Å². The van der Waals surface area contributed by atoms with Crippen molar-refractivity contribution in [3.8, 4) is 0 Å². The minimum absolute atomic E-state index is 1.18. The summed E-state index contributed by atoms with van der Waals surface area (Å²) in [5.74, 6) is 0. The topological polar surface area (TPSA) is 0 Å². The summed E-state index contributed by atoms with van der Waals surface area (Å²) < 4.78 is 0. The minimum Gasteiger partial charge on any atom is -0.0985 e. The van der Waals surface area contributed by atoms with Gasteiger partial charge in [0.2, 0.25) is 0 Å². The van der Waals surface area contributed by atoms with Gasteiger partial charge in [0.15, 0.2) is 0 Å². The fourth-order valence-electron chi connectivity index (χ4n) is 0.703. The molecule has 0 fully saturated rings. The molecule has 1 aromatic carbocycles. The van der Waals surface area contributed by atoms with E-state index in [1.54, 1.807) is 0 Å². The lowest BCUT2D eigenvalue weighted by Gasteiger charge is -1.91. The summed E-state index contributed by atoms with van der Waals surface area (Å²) in [4.78, 5) is 0. The number of rotatable bonds is 2. The zero-order valence-electron chi connectivity index (χ0n) is 11.0. The highest BCUT2D eigenvalue weighted by Gasteiger charge is 1.82. The Morgan fingerprint density at radius 3 is 1.67 bits per heavy atom. The second-order valence-corrected chi connectivity index (χ2v) is 3.11. The highest BCUT2D eigenvalue weighted by atomic mass is 13.9. The third-order valence-electron chi connectivity index (χ3n) is 1.81. The lowest BCUT2D eigenvalue weighted by atomic mass is 10.2. The SMILES string of the molecule is C=Cc1ccc(C)cc1.CC.CCCC. The van der Waals surface area contributed by atoms with Gasteiger partial charge in [-0.15, -0.1) is 0 Å². The van der Waals surface area contributed by atoms with Gasteiger partial charge in [-0.25, -0.2) is 0 Å². The highest BCUT2D eigenvalue weighted by Crippen LogP contribution is 2.02. The molecular weight excluding hydrogens is 180 g/mol. The van der Waals surface area contributed by atoms with Crippen molar-refractivity contribution >= 4 is 6.08 Å². The van der Waals surface area contributed by atoms with Crippen LogP contribution in [0.15, 0.2) is 30.8 Å². The Balaban J connectivity index is 0. The van der Waals surface area contributed by atoms with E-state index in [1.807, 2.05) is 19.9 Å². The summed E-state index contributed by atoms with van der Waals surface area (Å²) in [6.45, 7) is 14.1. The second-order valence-electron chi connectivity index (χ2n) is 3.11. The predicted molar refractivity (Wildman–Crippen MR) is 73.2 cm³/mol. The van der Waals surface area contributed by atoms with Crippen LogP contribution in [0.25, 0.3) is 6.08 Å². The van der Waals surface area contributed by atoms with Crippen LogP contribution in [-0.2, 0) is 0 Å². The average Bonchev–Trinajstić information content (AvgIpc) is 2.33. The molecule has 0 spiro atoms. The number of benzene rings is 1. The van der Waals surface area contributed by atoms with Crippen molar-refractivity contribution in [1.29, 1.82) is 0 Å². The number of hydrogen-bond donors (Lipinski definition) is 0. The van der Waals surface area contributed by atoms with Gasteiger partial charge in [0.25, 0.3) is 0 Å². The first-order valence-electron chi connectivity index (χ1n) is 5.93. The van der Waals surface area contributed by atoms with E-state index in [9.17, 15) is 0 Å². The Kier molecular flexibility index (Phi) is 14.2. The first-order chi connectivity index (χ1) is 7.24. The number of aryl methyl sites for hydroxylation is 1. The van der Waals surface area contributed by atoms with Gasteiger partial charge < -0.3 is 0 Å². The van der Waals surface area contributed by atoms with E-state index in [1.165, 1.54) is 24.0 Å². The predicted octanol–water partition coefficient (Wildman–Crippen LogP) is 5.47. The molecule has 0 atom stereocenters. The van der Waals surface area contributed by atoms with Gasteiger partial charge in [0, 0.05) is 0 Å². The minimum atomic E-state index is 1.18. The Bertz CT molecular complexity index is 216. The second kappa shape index (κ2) is 13.0. The smallest absolute Gasteiger partial charge is 0.0262 e. The van der Waals surface area contributed by atoms with Crippen molar-refractivity contribution in [3.05, 3.63) is 42.0 Å². The molecule has 86 valence electrons. The molecule has 1 aromatic rings. The van der Waals surface area contributed by atoms with Gasteiger partial charge in [-0.3, -0.25) is 0 Å². The molecule has 0 amide bonds. The van der Waals surface area contributed by atoms with Crippen LogP contribution in [0.4, 0.5) is 0 Å². The average molecular weight is 206 g/mol. The molecule has 0 aliphatic carbocycles. The molecule has 0 saturated heterocycles. The monoisotopic (exact) mass is 206 g/mol. The van der Waals surface area contributed by atoms with Crippen molar-refractivity contribution < 1.29 is 0 Å². The van der Waals surface area contributed by atoms with Crippen molar-refractivity contribution in [3.63, 3.8) is 0 Å². The largest absolute Gasteiger partial charge is 0.0985 e. The molecule has 0 saturated carbocycles. The molecule has 0 radical (unpaired) electrons. The van der Waals surface area contributed by atoms with E-state index in [4.69, 9.17) is 0 Å². The van der Waals surface area contributed by atoms with Gasteiger partial charge in [-0.1, -0.05) is 83.0 Å². The Labute approximate surface area is 96.0 Å². The molecule has 0 aliphatic rings. The van der Waals surface area contributed by atoms with Crippen LogP contribution < -0.4 is 0 Å². The summed E-state index contributed by atoms with van der Waals surface area (Å²) in [5.41, 5.74) is 2.47. The molecule has 0 nitrogen and oxygen atoms in total. The molecule has 15 heavy (non-hydrogen) atoms. The number of unbranched alkanes of at least 4 members (excludes halogenated alkanes) is 1. The first-order valence-corrected chi connectivity index (χ1v) is 5.93.